The molecule has 0 N–H and O–H groups in total. The normalized spacial score (nSPS) is 13.7. The maximum atomic E-state index is 14.3. The first-order valence-corrected chi connectivity index (χ1v) is 19.9. The number of rotatable bonds is 17. The first-order valence-electron chi connectivity index (χ1n) is 19.9. The number of imide groups is 1. The standard InChI is InChI=1S/C46H49NO8/c1-3-52-39(48)16-10-6-12-26-54-33-20-24-35-30(28-33)18-22-37-41(35)42-36-25-21-34(55-27-13-7-11-17-40(49)53-4-2)29-31(36)19-23-38(42)44-43(37)45(50)47(46(44)51)32-14-8-5-9-15-32/h5,8-9,14-15,20-21,24-25,28-29H,3-4,6-7,10-13,16-19,22-23,26-27H2,1-2H3. The summed E-state index contributed by atoms with van der Waals surface area (Å²) >= 11 is 0. The van der Waals surface area contributed by atoms with Crippen LogP contribution in [0.2, 0.25) is 0 Å². The first-order chi connectivity index (χ1) is 26.9. The van der Waals surface area contributed by atoms with Crippen molar-refractivity contribution < 1.29 is 38.1 Å². The minimum Gasteiger partial charge on any atom is -0.494 e. The van der Waals surface area contributed by atoms with Crippen molar-refractivity contribution in [2.24, 2.45) is 0 Å². The molecule has 55 heavy (non-hydrogen) atoms. The van der Waals surface area contributed by atoms with Gasteiger partial charge in [0.15, 0.2) is 0 Å². The number of para-hydroxylation sites is 1. The molecule has 286 valence electrons. The summed E-state index contributed by atoms with van der Waals surface area (Å²) < 4.78 is 22.4. The molecule has 0 bridgehead atoms. The van der Waals surface area contributed by atoms with E-state index in [1.807, 2.05) is 56.3 Å². The number of carbonyl (C=O) groups is 4. The highest BCUT2D eigenvalue weighted by Crippen LogP contribution is 2.51. The van der Waals surface area contributed by atoms with Gasteiger partial charge in [0.25, 0.3) is 11.8 Å². The second-order valence-electron chi connectivity index (χ2n) is 14.3. The monoisotopic (exact) mass is 743 g/mol. The summed E-state index contributed by atoms with van der Waals surface area (Å²) in [6.45, 7) is 5.55. The Morgan fingerprint density at radius 1 is 0.564 bits per heavy atom. The van der Waals surface area contributed by atoms with E-state index in [4.69, 9.17) is 18.9 Å². The quantitative estimate of drug-likeness (QED) is 0.0599. The molecule has 0 radical (unpaired) electrons. The molecule has 2 aliphatic carbocycles. The van der Waals surface area contributed by atoms with Gasteiger partial charge < -0.3 is 18.9 Å². The fourth-order valence-corrected chi connectivity index (χ4v) is 8.23. The van der Waals surface area contributed by atoms with Crippen LogP contribution in [-0.4, -0.2) is 50.2 Å². The molecule has 1 heterocycles. The number of fused-ring (bicyclic) bond motifs is 10. The van der Waals surface area contributed by atoms with E-state index in [2.05, 4.69) is 24.3 Å². The number of amides is 2. The van der Waals surface area contributed by atoms with Gasteiger partial charge in [0.1, 0.15) is 11.5 Å². The van der Waals surface area contributed by atoms with Crippen LogP contribution < -0.4 is 14.4 Å². The molecule has 9 heteroatoms. The second-order valence-corrected chi connectivity index (χ2v) is 14.3. The van der Waals surface area contributed by atoms with Crippen molar-refractivity contribution in [3.8, 4) is 33.8 Å². The molecule has 2 amide bonds. The van der Waals surface area contributed by atoms with Crippen molar-refractivity contribution in [3.63, 3.8) is 0 Å². The predicted octanol–water partition coefficient (Wildman–Crippen LogP) is 9.02. The zero-order chi connectivity index (χ0) is 38.3. The smallest absolute Gasteiger partial charge is 0.305 e. The van der Waals surface area contributed by atoms with Gasteiger partial charge in [0.2, 0.25) is 0 Å². The van der Waals surface area contributed by atoms with Crippen LogP contribution in [0.15, 0.2) is 66.7 Å². The maximum Gasteiger partial charge on any atom is 0.305 e. The van der Waals surface area contributed by atoms with E-state index in [1.54, 1.807) is 0 Å². The minimum absolute atomic E-state index is 0.155. The Balaban J connectivity index is 1.17. The molecule has 0 saturated carbocycles. The van der Waals surface area contributed by atoms with E-state index >= 15 is 0 Å². The lowest BCUT2D eigenvalue weighted by Gasteiger charge is -2.31. The third-order valence-corrected chi connectivity index (χ3v) is 10.7. The van der Waals surface area contributed by atoms with Gasteiger partial charge in [-0.3, -0.25) is 19.2 Å². The Morgan fingerprint density at radius 2 is 1.04 bits per heavy atom. The highest BCUT2D eigenvalue weighted by atomic mass is 16.5. The number of hydrogen-bond donors (Lipinski definition) is 0. The lowest BCUT2D eigenvalue weighted by atomic mass is 9.72. The van der Waals surface area contributed by atoms with Gasteiger partial charge in [0, 0.05) is 12.8 Å². The predicted molar refractivity (Wildman–Crippen MR) is 211 cm³/mol. The molecule has 0 unspecified atom stereocenters. The van der Waals surface area contributed by atoms with Gasteiger partial charge in [-0.05, 0) is 159 Å². The fraction of sp³-hybridized carbons (Fsp3) is 0.391. The maximum absolute atomic E-state index is 14.3. The number of aryl methyl sites for hydroxylation is 2. The number of hydrogen-bond acceptors (Lipinski definition) is 8. The molecule has 4 aromatic rings. The van der Waals surface area contributed by atoms with Crippen LogP contribution in [0.5, 0.6) is 11.5 Å². The summed E-state index contributed by atoms with van der Waals surface area (Å²) in [6, 6.07) is 21.7. The van der Waals surface area contributed by atoms with Crippen molar-refractivity contribution in [3.05, 3.63) is 100 Å². The molecule has 0 spiro atoms. The summed E-state index contributed by atoms with van der Waals surface area (Å²) in [6.07, 6.45) is 8.53. The zero-order valence-corrected chi connectivity index (χ0v) is 31.9. The number of unbranched alkanes of at least 4 members (excludes halogenated alkanes) is 4. The van der Waals surface area contributed by atoms with Crippen molar-refractivity contribution in [1.82, 2.24) is 0 Å². The second kappa shape index (κ2) is 17.4. The lowest BCUT2D eigenvalue weighted by Crippen LogP contribution is -2.29. The van der Waals surface area contributed by atoms with E-state index in [9.17, 15) is 19.2 Å². The average Bonchev–Trinajstić information content (AvgIpc) is 3.46. The van der Waals surface area contributed by atoms with Crippen molar-refractivity contribution in [2.45, 2.75) is 90.9 Å². The highest BCUT2D eigenvalue weighted by Gasteiger charge is 2.44. The molecule has 3 aliphatic rings. The number of nitrogens with zero attached hydrogens (tertiary/aromatic N) is 1. The lowest BCUT2D eigenvalue weighted by molar-refractivity contribution is -0.144. The van der Waals surface area contributed by atoms with Crippen molar-refractivity contribution in [1.29, 1.82) is 0 Å². The van der Waals surface area contributed by atoms with Gasteiger partial charge in [-0.25, -0.2) is 4.90 Å². The Hall–Kier alpha value is -5.44. The Morgan fingerprint density at radius 3 is 1.49 bits per heavy atom. The van der Waals surface area contributed by atoms with Crippen LogP contribution in [0.25, 0.3) is 22.3 Å². The first kappa shape index (κ1) is 37.9. The largest absolute Gasteiger partial charge is 0.494 e. The molecular weight excluding hydrogens is 695 g/mol. The summed E-state index contributed by atoms with van der Waals surface area (Å²) in [7, 11) is 0. The molecule has 4 aromatic carbocycles. The molecule has 0 aromatic heterocycles. The van der Waals surface area contributed by atoms with Crippen LogP contribution in [0, 0.1) is 0 Å². The van der Waals surface area contributed by atoms with Gasteiger partial charge >= 0.3 is 11.9 Å². The molecule has 9 nitrogen and oxygen atoms in total. The molecule has 0 saturated heterocycles. The third kappa shape index (κ3) is 8.02. The van der Waals surface area contributed by atoms with E-state index in [0.29, 0.717) is 68.9 Å². The van der Waals surface area contributed by atoms with Crippen LogP contribution in [-0.2, 0) is 44.7 Å². The number of esters is 2. The van der Waals surface area contributed by atoms with Crippen molar-refractivity contribution in [2.75, 3.05) is 31.3 Å². The van der Waals surface area contributed by atoms with Crippen LogP contribution in [0.3, 0.4) is 0 Å². The summed E-state index contributed by atoms with van der Waals surface area (Å²) in [5.74, 6) is 0.774. The topological polar surface area (TPSA) is 108 Å². The minimum atomic E-state index is -0.256. The van der Waals surface area contributed by atoms with Gasteiger partial charge in [-0.2, -0.15) is 0 Å². The van der Waals surface area contributed by atoms with Gasteiger partial charge in [-0.1, -0.05) is 30.3 Å². The Kier molecular flexibility index (Phi) is 11.9. The Labute approximate surface area is 322 Å². The van der Waals surface area contributed by atoms with E-state index in [-0.39, 0.29) is 23.8 Å². The zero-order valence-electron chi connectivity index (χ0n) is 31.9. The summed E-state index contributed by atoms with van der Waals surface area (Å²) in [5, 5.41) is 0. The molecule has 1 aliphatic heterocycles. The molecule has 0 fully saturated rings. The van der Waals surface area contributed by atoms with Crippen molar-refractivity contribution >= 4 is 29.4 Å². The molecule has 7 rings (SSSR count). The van der Waals surface area contributed by atoms with Crippen LogP contribution >= 0.6 is 0 Å². The van der Waals surface area contributed by atoms with Crippen LogP contribution in [0.1, 0.15) is 108 Å². The number of carbonyl (C=O) groups excluding carboxylic acids is 4. The van der Waals surface area contributed by atoms with Crippen LogP contribution in [0.4, 0.5) is 5.69 Å². The highest BCUT2D eigenvalue weighted by molar-refractivity contribution is 6.36. The molecular formula is C46H49NO8. The third-order valence-electron chi connectivity index (χ3n) is 10.7. The molecule has 0 atom stereocenters. The summed E-state index contributed by atoms with van der Waals surface area (Å²) in [5.41, 5.74) is 10.0. The SMILES string of the molecule is CCOC(=O)CCCCCOc1ccc2c(c1)CCc1c3c(c4c(c1-2)-c1ccc(OCCCCCC(=O)OCC)cc1CC4)C(=O)N(c1ccccc1)C3=O. The number of benzene rings is 4. The Bertz CT molecular complexity index is 1960. The average molecular weight is 744 g/mol. The van der Waals surface area contributed by atoms with Gasteiger partial charge in [0.05, 0.1) is 43.2 Å². The number of anilines is 1. The number of ether oxygens (including phenoxy) is 4. The van der Waals surface area contributed by atoms with Gasteiger partial charge in [-0.15, -0.1) is 0 Å². The van der Waals surface area contributed by atoms with E-state index in [1.165, 1.54) is 4.90 Å². The fourth-order valence-electron chi connectivity index (χ4n) is 8.23. The summed E-state index contributed by atoms with van der Waals surface area (Å²) in [4.78, 5) is 53.3. The van der Waals surface area contributed by atoms with E-state index in [0.717, 1.165) is 107 Å². The van der Waals surface area contributed by atoms with E-state index < -0.39 is 0 Å².